The Hall–Kier alpha value is -4.10. The molecule has 32 heavy (non-hydrogen) atoms. The fourth-order valence-corrected chi connectivity index (χ4v) is 2.70. The van der Waals surface area contributed by atoms with E-state index in [1.165, 1.54) is 12.3 Å². The van der Waals surface area contributed by atoms with Crippen molar-refractivity contribution in [2.24, 2.45) is 0 Å². The van der Waals surface area contributed by atoms with Gasteiger partial charge in [-0.15, -0.1) is 10.2 Å². The maximum absolute atomic E-state index is 13.3. The highest BCUT2D eigenvalue weighted by Crippen LogP contribution is 2.36. The molecule has 0 aromatic carbocycles. The molecule has 4 aromatic rings. The van der Waals surface area contributed by atoms with Gasteiger partial charge < -0.3 is 10.4 Å². The second-order valence-electron chi connectivity index (χ2n) is 6.30. The average Bonchev–Trinajstić information content (AvgIpc) is 2.73. The number of aromatic nitrogens is 6. The van der Waals surface area contributed by atoms with Gasteiger partial charge in [0.2, 0.25) is 5.88 Å². The Morgan fingerprint density at radius 3 is 2.28 bits per heavy atom. The van der Waals surface area contributed by atoms with E-state index in [-0.39, 0.29) is 28.4 Å². The number of nitrogens with one attached hydrogen (secondary N) is 1. The van der Waals surface area contributed by atoms with Crippen molar-refractivity contribution < 1.29 is 31.4 Å². The average molecular weight is 453 g/mol. The summed E-state index contributed by atoms with van der Waals surface area (Å²) in [5.41, 5.74) is -2.83. The molecule has 2 N–H and O–H groups in total. The molecule has 8 nitrogen and oxygen atoms in total. The smallest absolute Gasteiger partial charge is 0.418 e. The number of fused-ring (bicyclic) bond motifs is 1. The van der Waals surface area contributed by atoms with Crippen LogP contribution < -0.4 is 5.32 Å². The van der Waals surface area contributed by atoms with Crippen LogP contribution in [0.25, 0.3) is 22.6 Å². The molecule has 0 aliphatic carbocycles. The highest BCUT2D eigenvalue weighted by Gasteiger charge is 2.36. The van der Waals surface area contributed by atoms with Crippen molar-refractivity contribution in [2.45, 2.75) is 12.4 Å². The predicted molar refractivity (Wildman–Crippen MR) is 97.5 cm³/mol. The number of rotatable bonds is 3. The summed E-state index contributed by atoms with van der Waals surface area (Å²) in [6, 6.07) is 3.80. The van der Waals surface area contributed by atoms with Gasteiger partial charge in [0.15, 0.2) is 5.65 Å². The highest BCUT2D eigenvalue weighted by molar-refractivity contribution is 5.87. The Morgan fingerprint density at radius 1 is 0.844 bits per heavy atom. The van der Waals surface area contributed by atoms with Gasteiger partial charge in [0.1, 0.15) is 22.7 Å². The van der Waals surface area contributed by atoms with Gasteiger partial charge in [0.05, 0.1) is 23.0 Å². The number of halogens is 6. The summed E-state index contributed by atoms with van der Waals surface area (Å²) in [5, 5.41) is 18.6. The van der Waals surface area contributed by atoms with Crippen LogP contribution >= 0.6 is 0 Å². The Morgan fingerprint density at radius 2 is 1.62 bits per heavy atom. The summed E-state index contributed by atoms with van der Waals surface area (Å²) in [5.74, 6) is -0.844. The number of hydrogen-bond donors (Lipinski definition) is 2. The zero-order chi connectivity index (χ0) is 23.1. The van der Waals surface area contributed by atoms with Gasteiger partial charge in [0.25, 0.3) is 0 Å². The molecule has 14 heteroatoms. The van der Waals surface area contributed by atoms with Crippen molar-refractivity contribution in [2.75, 3.05) is 5.32 Å². The molecular formula is C18H9F6N7O. The Balaban J connectivity index is 1.71. The van der Waals surface area contributed by atoms with E-state index in [2.05, 4.69) is 35.5 Å². The summed E-state index contributed by atoms with van der Waals surface area (Å²) >= 11 is 0. The lowest BCUT2D eigenvalue weighted by atomic mass is 10.1. The lowest BCUT2D eigenvalue weighted by Gasteiger charge is -2.12. The van der Waals surface area contributed by atoms with Crippen LogP contribution in [0.4, 0.5) is 37.8 Å². The Labute approximate surface area is 174 Å². The lowest BCUT2D eigenvalue weighted by molar-refractivity contribution is -0.138. The summed E-state index contributed by atoms with van der Waals surface area (Å²) < 4.78 is 77.9. The van der Waals surface area contributed by atoms with Crippen LogP contribution in [0, 0.1) is 0 Å². The fourth-order valence-electron chi connectivity index (χ4n) is 2.70. The van der Waals surface area contributed by atoms with E-state index < -0.39 is 35.1 Å². The van der Waals surface area contributed by atoms with E-state index >= 15 is 0 Å². The molecule has 0 radical (unpaired) electrons. The van der Waals surface area contributed by atoms with E-state index in [0.29, 0.717) is 12.3 Å². The molecule has 0 saturated heterocycles. The van der Waals surface area contributed by atoms with E-state index in [4.69, 9.17) is 0 Å². The second kappa shape index (κ2) is 7.55. The molecule has 0 saturated carbocycles. The van der Waals surface area contributed by atoms with Crippen LogP contribution in [0.15, 0.2) is 42.9 Å². The SMILES string of the molecule is Oc1cc(C(F)(F)F)c(-c2cnc3c(Nc4ccc(C(F)(F)F)cn4)ccnc3n2)nn1. The minimum absolute atomic E-state index is 0.0672. The third-order valence-corrected chi connectivity index (χ3v) is 4.13. The summed E-state index contributed by atoms with van der Waals surface area (Å²) in [6.45, 7) is 0. The van der Waals surface area contributed by atoms with Crippen molar-refractivity contribution >= 4 is 22.7 Å². The maximum atomic E-state index is 13.3. The van der Waals surface area contributed by atoms with Gasteiger partial charge in [-0.25, -0.2) is 19.9 Å². The molecule has 4 rings (SSSR count). The maximum Gasteiger partial charge on any atom is 0.418 e. The minimum Gasteiger partial charge on any atom is -0.492 e. The molecule has 0 bridgehead atoms. The van der Waals surface area contributed by atoms with Gasteiger partial charge in [-0.2, -0.15) is 26.3 Å². The zero-order valence-corrected chi connectivity index (χ0v) is 15.4. The van der Waals surface area contributed by atoms with E-state index in [9.17, 15) is 31.4 Å². The van der Waals surface area contributed by atoms with E-state index in [0.717, 1.165) is 18.3 Å². The minimum atomic E-state index is -4.84. The van der Waals surface area contributed by atoms with Gasteiger partial charge in [-0.1, -0.05) is 0 Å². The van der Waals surface area contributed by atoms with Crippen LogP contribution in [0.3, 0.4) is 0 Å². The van der Waals surface area contributed by atoms with Crippen LogP contribution in [0.2, 0.25) is 0 Å². The standard InChI is InChI=1S/C18H9F6N7O/c19-17(20,21)8-1-2-12(26-6-8)28-10-3-4-25-16-15(10)27-7-11(29-16)14-9(18(22,23)24)5-13(32)30-31-14/h1-7H,(H,30,32)(H,25,26,28,29). The third-order valence-electron chi connectivity index (χ3n) is 4.13. The van der Waals surface area contributed by atoms with Crippen LogP contribution in [0.5, 0.6) is 5.88 Å². The molecule has 4 heterocycles. The lowest BCUT2D eigenvalue weighted by Crippen LogP contribution is -2.10. The van der Waals surface area contributed by atoms with E-state index in [1.807, 2.05) is 0 Å². The largest absolute Gasteiger partial charge is 0.492 e. The Bertz CT molecular complexity index is 1290. The second-order valence-corrected chi connectivity index (χ2v) is 6.30. The number of alkyl halides is 6. The molecule has 0 unspecified atom stereocenters. The Kier molecular flexibility index (Phi) is 4.99. The number of aromatic hydroxyl groups is 1. The number of anilines is 2. The fraction of sp³-hybridized carbons (Fsp3) is 0.111. The molecule has 0 aliphatic rings. The van der Waals surface area contributed by atoms with Gasteiger partial charge in [0, 0.05) is 18.5 Å². The van der Waals surface area contributed by atoms with Crippen LogP contribution in [-0.2, 0) is 12.4 Å². The molecule has 0 fully saturated rings. The van der Waals surface area contributed by atoms with Gasteiger partial charge in [-0.05, 0) is 18.2 Å². The van der Waals surface area contributed by atoms with Gasteiger partial charge >= 0.3 is 12.4 Å². The molecule has 0 spiro atoms. The predicted octanol–water partition coefficient (Wildman–Crippen LogP) is 4.36. The number of nitrogens with zero attached hydrogens (tertiary/aromatic N) is 6. The monoisotopic (exact) mass is 453 g/mol. The first kappa shape index (κ1) is 21.1. The van der Waals surface area contributed by atoms with Gasteiger partial charge in [-0.3, -0.25) is 0 Å². The molecular weight excluding hydrogens is 444 g/mol. The molecule has 0 amide bonds. The highest BCUT2D eigenvalue weighted by atomic mass is 19.4. The zero-order valence-electron chi connectivity index (χ0n) is 15.4. The number of hydrogen-bond acceptors (Lipinski definition) is 8. The van der Waals surface area contributed by atoms with Crippen molar-refractivity contribution in [3.8, 4) is 17.3 Å². The van der Waals surface area contributed by atoms with Crippen molar-refractivity contribution in [3.63, 3.8) is 0 Å². The molecule has 0 atom stereocenters. The number of pyridine rings is 2. The molecule has 4 aromatic heterocycles. The first-order valence-electron chi connectivity index (χ1n) is 8.58. The normalized spacial score (nSPS) is 12.2. The van der Waals surface area contributed by atoms with Crippen molar-refractivity contribution in [1.82, 2.24) is 30.1 Å². The van der Waals surface area contributed by atoms with Crippen LogP contribution in [0.1, 0.15) is 11.1 Å². The third kappa shape index (κ3) is 4.19. The van der Waals surface area contributed by atoms with Crippen LogP contribution in [-0.4, -0.2) is 35.2 Å². The summed E-state index contributed by atoms with van der Waals surface area (Å²) in [7, 11) is 0. The molecule has 164 valence electrons. The first-order valence-corrected chi connectivity index (χ1v) is 8.58. The molecule has 0 aliphatic heterocycles. The quantitative estimate of drug-likeness (QED) is 0.441. The van der Waals surface area contributed by atoms with E-state index in [1.54, 1.807) is 0 Å². The summed E-state index contributed by atoms with van der Waals surface area (Å²) in [4.78, 5) is 15.8. The van der Waals surface area contributed by atoms with Crippen molar-refractivity contribution in [1.29, 1.82) is 0 Å². The topological polar surface area (TPSA) is 110 Å². The summed E-state index contributed by atoms with van der Waals surface area (Å²) in [6.07, 6.45) is -6.45. The first-order chi connectivity index (χ1) is 15.0. The van der Waals surface area contributed by atoms with Crippen molar-refractivity contribution in [3.05, 3.63) is 54.0 Å².